The number of ketones is 1. The lowest BCUT2D eigenvalue weighted by Gasteiger charge is -2.23. The van der Waals surface area contributed by atoms with E-state index in [1.807, 2.05) is 46.0 Å². The summed E-state index contributed by atoms with van der Waals surface area (Å²) >= 11 is 0. The van der Waals surface area contributed by atoms with Crippen molar-refractivity contribution in [1.29, 1.82) is 0 Å². The molecule has 26 heavy (non-hydrogen) atoms. The Hall–Kier alpha value is -2.34. The van der Waals surface area contributed by atoms with E-state index in [4.69, 9.17) is 4.42 Å². The first kappa shape index (κ1) is 18.5. The van der Waals surface area contributed by atoms with E-state index >= 15 is 0 Å². The Labute approximate surface area is 154 Å². The molecular formula is C20H27N3O3. The van der Waals surface area contributed by atoms with Crippen LogP contribution in [0, 0.1) is 13.8 Å². The molecule has 1 N–H and O–H groups in total. The lowest BCUT2D eigenvalue weighted by molar-refractivity contribution is -0.122. The third-order valence-electron chi connectivity index (χ3n) is 5.11. The third-order valence-corrected chi connectivity index (χ3v) is 5.11. The van der Waals surface area contributed by atoms with Crippen LogP contribution in [0.5, 0.6) is 0 Å². The first-order valence-electron chi connectivity index (χ1n) is 9.09. The number of Topliss-reactive ketones (excluding diaryl/α,β-unsaturated/α-hetero) is 1. The van der Waals surface area contributed by atoms with Crippen molar-refractivity contribution in [2.45, 2.75) is 52.2 Å². The highest BCUT2D eigenvalue weighted by Crippen LogP contribution is 2.21. The van der Waals surface area contributed by atoms with Crippen LogP contribution in [-0.2, 0) is 11.3 Å². The van der Waals surface area contributed by atoms with E-state index in [1.165, 1.54) is 0 Å². The van der Waals surface area contributed by atoms with E-state index in [2.05, 4.69) is 9.88 Å². The Kier molecular flexibility index (Phi) is 5.32. The molecule has 1 saturated carbocycles. The number of nitrogens with zero attached hydrogens (tertiary/aromatic N) is 2. The first-order valence-corrected chi connectivity index (χ1v) is 9.09. The molecule has 2 aromatic heterocycles. The number of carbonyl (C=O) groups is 2. The number of aryl methyl sites for hydroxylation is 1. The summed E-state index contributed by atoms with van der Waals surface area (Å²) in [6.07, 6.45) is 3.77. The molecule has 2 aromatic rings. The Balaban J connectivity index is 1.69. The molecule has 6 heteroatoms. The number of nitrogens with one attached hydrogen (secondary N) is 1. The van der Waals surface area contributed by atoms with Crippen LogP contribution in [0.25, 0.3) is 0 Å². The fraction of sp³-hybridized carbons (Fsp3) is 0.500. The third kappa shape index (κ3) is 4.07. The maximum atomic E-state index is 13.0. The first-order chi connectivity index (χ1) is 12.4. The van der Waals surface area contributed by atoms with E-state index in [9.17, 15) is 9.59 Å². The summed E-state index contributed by atoms with van der Waals surface area (Å²) < 4.78 is 7.51. The largest absolute Gasteiger partial charge is 0.467 e. The highest BCUT2D eigenvalue weighted by Gasteiger charge is 2.27. The number of rotatable bonds is 8. The van der Waals surface area contributed by atoms with Gasteiger partial charge in [0.05, 0.1) is 25.4 Å². The Morgan fingerprint density at radius 2 is 2.12 bits per heavy atom. The molecule has 0 spiro atoms. The summed E-state index contributed by atoms with van der Waals surface area (Å²) in [7, 11) is 1.82. The van der Waals surface area contributed by atoms with Gasteiger partial charge in [-0.3, -0.25) is 14.5 Å². The molecule has 140 valence electrons. The van der Waals surface area contributed by atoms with E-state index in [0.717, 1.165) is 30.0 Å². The normalized spacial score (nSPS) is 15.3. The monoisotopic (exact) mass is 357 g/mol. The molecule has 0 saturated heterocycles. The van der Waals surface area contributed by atoms with E-state index in [1.54, 1.807) is 11.2 Å². The summed E-state index contributed by atoms with van der Waals surface area (Å²) in [4.78, 5) is 26.8. The average Bonchev–Trinajstić information content (AvgIpc) is 3.16. The van der Waals surface area contributed by atoms with Crippen LogP contribution in [-0.4, -0.2) is 46.8 Å². The smallest absolute Gasteiger partial charge is 0.234 e. The van der Waals surface area contributed by atoms with Gasteiger partial charge >= 0.3 is 0 Å². The predicted molar refractivity (Wildman–Crippen MR) is 99.3 cm³/mol. The molecule has 1 aliphatic carbocycles. The van der Waals surface area contributed by atoms with Crippen molar-refractivity contribution in [3.05, 3.63) is 47.2 Å². The van der Waals surface area contributed by atoms with Gasteiger partial charge in [0.1, 0.15) is 5.76 Å². The van der Waals surface area contributed by atoms with Crippen LogP contribution in [0.1, 0.15) is 47.3 Å². The zero-order valence-electron chi connectivity index (χ0n) is 15.9. The number of hydrogen-bond acceptors (Lipinski definition) is 4. The quantitative estimate of drug-likeness (QED) is 0.737. The Morgan fingerprint density at radius 1 is 1.38 bits per heavy atom. The van der Waals surface area contributed by atoms with Gasteiger partial charge in [-0.15, -0.1) is 0 Å². The summed E-state index contributed by atoms with van der Waals surface area (Å²) in [6, 6.07) is 5.68. The standard InChI is InChI=1S/C20H27N3O3/c1-13-10-18(14(2)23(13)11-17-6-5-9-26-17)20(25)15(3)22(4)12-19(24)21-16-7-8-16/h5-6,9-10,15-16H,7-8,11-12H2,1-4H3,(H,21,24)/t15-/m0/s1. The maximum absolute atomic E-state index is 13.0. The van der Waals surface area contributed by atoms with Crippen molar-refractivity contribution in [3.8, 4) is 0 Å². The van der Waals surface area contributed by atoms with Gasteiger partial charge in [-0.05, 0) is 58.9 Å². The highest BCUT2D eigenvalue weighted by atomic mass is 16.3. The van der Waals surface area contributed by atoms with E-state index < -0.39 is 0 Å². The second-order valence-electron chi connectivity index (χ2n) is 7.25. The zero-order chi connectivity index (χ0) is 18.8. The van der Waals surface area contributed by atoms with Crippen molar-refractivity contribution in [2.24, 2.45) is 0 Å². The molecule has 3 rings (SSSR count). The molecule has 1 fully saturated rings. The van der Waals surface area contributed by atoms with E-state index in [-0.39, 0.29) is 24.3 Å². The summed E-state index contributed by atoms with van der Waals surface area (Å²) in [5, 5.41) is 2.96. The zero-order valence-corrected chi connectivity index (χ0v) is 15.9. The van der Waals surface area contributed by atoms with Crippen LogP contribution in [0.3, 0.4) is 0 Å². The molecule has 1 atom stereocenters. The average molecular weight is 357 g/mol. The van der Waals surface area contributed by atoms with Crippen LogP contribution < -0.4 is 5.32 Å². The van der Waals surface area contributed by atoms with Gasteiger partial charge in [0.25, 0.3) is 0 Å². The number of amides is 1. The fourth-order valence-electron chi connectivity index (χ4n) is 3.14. The molecule has 0 aliphatic heterocycles. The lowest BCUT2D eigenvalue weighted by Crippen LogP contribution is -2.43. The van der Waals surface area contributed by atoms with Gasteiger partial charge in [-0.1, -0.05) is 0 Å². The number of furan rings is 1. The Morgan fingerprint density at radius 3 is 2.73 bits per heavy atom. The molecule has 6 nitrogen and oxygen atoms in total. The molecule has 1 amide bonds. The minimum Gasteiger partial charge on any atom is -0.467 e. The second-order valence-corrected chi connectivity index (χ2v) is 7.25. The lowest BCUT2D eigenvalue weighted by atomic mass is 10.0. The number of carbonyl (C=O) groups excluding carboxylic acids is 2. The van der Waals surface area contributed by atoms with Crippen molar-refractivity contribution in [3.63, 3.8) is 0 Å². The number of hydrogen-bond donors (Lipinski definition) is 1. The second kappa shape index (κ2) is 7.50. The molecular weight excluding hydrogens is 330 g/mol. The van der Waals surface area contributed by atoms with Gasteiger partial charge < -0.3 is 14.3 Å². The van der Waals surface area contributed by atoms with Gasteiger partial charge in [0.2, 0.25) is 5.91 Å². The van der Waals surface area contributed by atoms with Crippen LogP contribution in [0.4, 0.5) is 0 Å². The summed E-state index contributed by atoms with van der Waals surface area (Å²) in [6.45, 7) is 6.63. The number of aromatic nitrogens is 1. The maximum Gasteiger partial charge on any atom is 0.234 e. The van der Waals surface area contributed by atoms with Gasteiger partial charge in [0.15, 0.2) is 5.78 Å². The Bertz CT molecular complexity index is 788. The van der Waals surface area contributed by atoms with Crippen LogP contribution in [0.2, 0.25) is 0 Å². The van der Waals surface area contributed by atoms with E-state index in [0.29, 0.717) is 18.2 Å². The minimum atomic E-state index is -0.363. The van der Waals surface area contributed by atoms with Crippen molar-refractivity contribution >= 4 is 11.7 Å². The van der Waals surface area contributed by atoms with Crippen molar-refractivity contribution in [2.75, 3.05) is 13.6 Å². The summed E-state index contributed by atoms with van der Waals surface area (Å²) in [5.74, 6) is 0.871. The van der Waals surface area contributed by atoms with Crippen molar-refractivity contribution in [1.82, 2.24) is 14.8 Å². The van der Waals surface area contributed by atoms with Crippen LogP contribution >= 0.6 is 0 Å². The molecule has 2 heterocycles. The molecule has 0 aromatic carbocycles. The molecule has 0 bridgehead atoms. The SMILES string of the molecule is Cc1cc(C(=O)[C@H](C)N(C)CC(=O)NC2CC2)c(C)n1Cc1ccco1. The van der Waals surface area contributed by atoms with Crippen LogP contribution in [0.15, 0.2) is 28.9 Å². The van der Waals surface area contributed by atoms with Gasteiger partial charge in [0, 0.05) is 23.0 Å². The van der Waals surface area contributed by atoms with Gasteiger partial charge in [-0.25, -0.2) is 0 Å². The van der Waals surface area contributed by atoms with Crippen molar-refractivity contribution < 1.29 is 14.0 Å². The molecule has 1 aliphatic rings. The summed E-state index contributed by atoms with van der Waals surface area (Å²) in [5.41, 5.74) is 2.64. The topological polar surface area (TPSA) is 67.5 Å². The minimum absolute atomic E-state index is 0.0158. The highest BCUT2D eigenvalue weighted by molar-refractivity contribution is 6.01. The number of likely N-dealkylation sites (N-methyl/N-ethyl adjacent to an activating group) is 1. The molecule has 0 radical (unpaired) electrons. The molecule has 0 unspecified atom stereocenters. The predicted octanol–water partition coefficient (Wildman–Crippen LogP) is 2.53. The fourth-order valence-corrected chi connectivity index (χ4v) is 3.14. The van der Waals surface area contributed by atoms with Gasteiger partial charge in [-0.2, -0.15) is 0 Å².